The van der Waals surface area contributed by atoms with Crippen LogP contribution in [-0.4, -0.2) is 25.2 Å². The summed E-state index contributed by atoms with van der Waals surface area (Å²) in [6, 6.07) is 14.1. The van der Waals surface area contributed by atoms with E-state index < -0.39 is 4.92 Å². The molecule has 0 spiro atoms. The SMILES string of the molecule is CN(C)c1ccc(C=NNc2cccc([N+](=O)[O-])c2)cc1. The summed E-state index contributed by atoms with van der Waals surface area (Å²) in [5.74, 6) is 0. The Hall–Kier alpha value is -2.89. The van der Waals surface area contributed by atoms with Crippen molar-refractivity contribution in [2.75, 3.05) is 24.4 Å². The van der Waals surface area contributed by atoms with Gasteiger partial charge in [0.25, 0.3) is 5.69 Å². The van der Waals surface area contributed by atoms with Crippen LogP contribution in [0.2, 0.25) is 0 Å². The summed E-state index contributed by atoms with van der Waals surface area (Å²) < 4.78 is 0. The molecule has 21 heavy (non-hydrogen) atoms. The Balaban J connectivity index is 2.02. The number of nitrogens with zero attached hydrogens (tertiary/aromatic N) is 3. The summed E-state index contributed by atoms with van der Waals surface area (Å²) in [5, 5.41) is 14.7. The largest absolute Gasteiger partial charge is 0.378 e. The standard InChI is InChI=1S/C15H16N4O2/c1-18(2)14-8-6-12(7-9-14)11-16-17-13-4-3-5-15(10-13)19(20)21/h3-11,17H,1-2H3. The highest BCUT2D eigenvalue weighted by atomic mass is 16.6. The zero-order valence-corrected chi connectivity index (χ0v) is 11.9. The van der Waals surface area contributed by atoms with Gasteiger partial charge in [-0.2, -0.15) is 5.10 Å². The minimum atomic E-state index is -0.436. The van der Waals surface area contributed by atoms with Gasteiger partial charge in [0.15, 0.2) is 0 Å². The molecule has 0 saturated carbocycles. The first kappa shape index (κ1) is 14.5. The Morgan fingerprint density at radius 3 is 2.52 bits per heavy atom. The van der Waals surface area contributed by atoms with E-state index in [1.54, 1.807) is 18.3 Å². The number of rotatable bonds is 5. The van der Waals surface area contributed by atoms with E-state index in [2.05, 4.69) is 10.5 Å². The summed E-state index contributed by atoms with van der Waals surface area (Å²) in [4.78, 5) is 12.3. The van der Waals surface area contributed by atoms with Gasteiger partial charge in [-0.25, -0.2) is 0 Å². The van der Waals surface area contributed by atoms with Crippen molar-refractivity contribution < 1.29 is 4.92 Å². The van der Waals surface area contributed by atoms with E-state index in [-0.39, 0.29) is 5.69 Å². The predicted octanol–water partition coefficient (Wildman–Crippen LogP) is 3.11. The van der Waals surface area contributed by atoms with Gasteiger partial charge >= 0.3 is 0 Å². The number of nitrogens with one attached hydrogen (secondary N) is 1. The van der Waals surface area contributed by atoms with Gasteiger partial charge < -0.3 is 4.90 Å². The first-order valence-corrected chi connectivity index (χ1v) is 6.37. The molecule has 2 aromatic carbocycles. The molecule has 0 aliphatic carbocycles. The molecule has 6 heteroatoms. The topological polar surface area (TPSA) is 70.8 Å². The minimum Gasteiger partial charge on any atom is -0.378 e. The summed E-state index contributed by atoms with van der Waals surface area (Å²) in [5.41, 5.74) is 5.44. The molecule has 0 atom stereocenters. The fraction of sp³-hybridized carbons (Fsp3) is 0.133. The number of anilines is 2. The molecule has 0 aliphatic rings. The molecule has 2 rings (SSSR count). The number of nitro groups is 1. The summed E-state index contributed by atoms with van der Waals surface area (Å²) in [6.07, 6.45) is 1.66. The molecule has 1 N–H and O–H groups in total. The Kier molecular flexibility index (Phi) is 4.50. The van der Waals surface area contributed by atoms with Crippen molar-refractivity contribution in [3.05, 3.63) is 64.2 Å². The Morgan fingerprint density at radius 1 is 1.19 bits per heavy atom. The van der Waals surface area contributed by atoms with Gasteiger partial charge in [-0.05, 0) is 23.8 Å². The molecule has 0 unspecified atom stereocenters. The molecule has 0 bridgehead atoms. The third-order valence-corrected chi connectivity index (χ3v) is 2.87. The van der Waals surface area contributed by atoms with Crippen LogP contribution in [0.5, 0.6) is 0 Å². The number of nitro benzene ring substituents is 1. The van der Waals surface area contributed by atoms with Gasteiger partial charge in [0, 0.05) is 31.9 Å². The molecule has 2 aromatic rings. The van der Waals surface area contributed by atoms with Gasteiger partial charge in [0.05, 0.1) is 16.8 Å². The van der Waals surface area contributed by atoms with Crippen LogP contribution in [0.4, 0.5) is 17.1 Å². The highest BCUT2D eigenvalue weighted by Crippen LogP contribution is 2.17. The van der Waals surface area contributed by atoms with Crippen molar-refractivity contribution in [1.82, 2.24) is 0 Å². The average Bonchev–Trinajstić information content (AvgIpc) is 2.48. The number of hydrogen-bond donors (Lipinski definition) is 1. The van der Waals surface area contributed by atoms with Crippen LogP contribution in [0.25, 0.3) is 0 Å². The van der Waals surface area contributed by atoms with Crippen LogP contribution in [0.1, 0.15) is 5.56 Å². The molecule has 0 aromatic heterocycles. The van der Waals surface area contributed by atoms with Gasteiger partial charge in [-0.3, -0.25) is 15.5 Å². The first-order valence-electron chi connectivity index (χ1n) is 6.37. The lowest BCUT2D eigenvalue weighted by molar-refractivity contribution is -0.384. The lowest BCUT2D eigenvalue weighted by Gasteiger charge is -2.11. The van der Waals surface area contributed by atoms with E-state index in [1.165, 1.54) is 12.1 Å². The summed E-state index contributed by atoms with van der Waals surface area (Å²) >= 11 is 0. The monoisotopic (exact) mass is 284 g/mol. The third kappa shape index (κ3) is 4.04. The molecular formula is C15H16N4O2. The molecule has 0 heterocycles. The molecule has 0 saturated heterocycles. The van der Waals surface area contributed by atoms with Crippen LogP contribution < -0.4 is 10.3 Å². The fourth-order valence-corrected chi connectivity index (χ4v) is 1.73. The zero-order valence-electron chi connectivity index (χ0n) is 11.9. The van der Waals surface area contributed by atoms with Crippen LogP contribution in [0, 0.1) is 10.1 Å². The normalized spacial score (nSPS) is 10.6. The van der Waals surface area contributed by atoms with Crippen molar-refractivity contribution in [1.29, 1.82) is 0 Å². The van der Waals surface area contributed by atoms with Gasteiger partial charge in [-0.15, -0.1) is 0 Å². The lowest BCUT2D eigenvalue weighted by atomic mass is 10.2. The summed E-state index contributed by atoms with van der Waals surface area (Å²) in [6.45, 7) is 0. The molecule has 0 radical (unpaired) electrons. The van der Waals surface area contributed by atoms with E-state index in [4.69, 9.17) is 0 Å². The molecule has 0 aliphatic heterocycles. The van der Waals surface area contributed by atoms with Crippen LogP contribution >= 0.6 is 0 Å². The van der Waals surface area contributed by atoms with E-state index in [1.807, 2.05) is 43.3 Å². The highest BCUT2D eigenvalue weighted by molar-refractivity contribution is 5.81. The number of benzene rings is 2. The van der Waals surface area contributed by atoms with E-state index in [0.717, 1.165) is 11.3 Å². The Bertz CT molecular complexity index is 651. The molecular weight excluding hydrogens is 268 g/mol. The van der Waals surface area contributed by atoms with Crippen LogP contribution in [0.15, 0.2) is 53.6 Å². The fourth-order valence-electron chi connectivity index (χ4n) is 1.73. The minimum absolute atomic E-state index is 0.0329. The quantitative estimate of drug-likeness (QED) is 0.520. The van der Waals surface area contributed by atoms with Gasteiger partial charge in [0.1, 0.15) is 0 Å². The smallest absolute Gasteiger partial charge is 0.271 e. The van der Waals surface area contributed by atoms with Crippen LogP contribution in [0.3, 0.4) is 0 Å². The van der Waals surface area contributed by atoms with Crippen LogP contribution in [-0.2, 0) is 0 Å². The number of hydrazone groups is 1. The molecule has 0 amide bonds. The Morgan fingerprint density at radius 2 is 1.90 bits per heavy atom. The Labute approximate surface area is 122 Å². The number of non-ortho nitro benzene ring substituents is 1. The molecule has 6 nitrogen and oxygen atoms in total. The van der Waals surface area contributed by atoms with Crippen molar-refractivity contribution >= 4 is 23.3 Å². The zero-order chi connectivity index (χ0) is 15.2. The number of hydrogen-bond acceptors (Lipinski definition) is 5. The lowest BCUT2D eigenvalue weighted by Crippen LogP contribution is -2.08. The van der Waals surface area contributed by atoms with Crippen molar-refractivity contribution in [3.63, 3.8) is 0 Å². The van der Waals surface area contributed by atoms with E-state index in [9.17, 15) is 10.1 Å². The first-order chi connectivity index (χ1) is 10.1. The second-order valence-electron chi connectivity index (χ2n) is 4.66. The van der Waals surface area contributed by atoms with Crippen molar-refractivity contribution in [2.24, 2.45) is 5.10 Å². The maximum Gasteiger partial charge on any atom is 0.271 e. The van der Waals surface area contributed by atoms with Crippen molar-refractivity contribution in [2.45, 2.75) is 0 Å². The maximum absolute atomic E-state index is 10.7. The predicted molar refractivity (Wildman–Crippen MR) is 85.1 cm³/mol. The van der Waals surface area contributed by atoms with Crippen molar-refractivity contribution in [3.8, 4) is 0 Å². The average molecular weight is 284 g/mol. The summed E-state index contributed by atoms with van der Waals surface area (Å²) in [7, 11) is 3.96. The van der Waals surface area contributed by atoms with E-state index in [0.29, 0.717) is 5.69 Å². The van der Waals surface area contributed by atoms with Gasteiger partial charge in [-0.1, -0.05) is 18.2 Å². The maximum atomic E-state index is 10.7. The second kappa shape index (κ2) is 6.51. The molecule has 0 fully saturated rings. The molecule has 108 valence electrons. The van der Waals surface area contributed by atoms with Gasteiger partial charge in [0.2, 0.25) is 0 Å². The second-order valence-corrected chi connectivity index (χ2v) is 4.66. The third-order valence-electron chi connectivity index (χ3n) is 2.87. The van der Waals surface area contributed by atoms with E-state index >= 15 is 0 Å². The highest BCUT2D eigenvalue weighted by Gasteiger charge is 2.04.